The number of amides is 2. The predicted molar refractivity (Wildman–Crippen MR) is 81.5 cm³/mol. The largest absolute Gasteiger partial charge is 0.493 e. The predicted octanol–water partition coefficient (Wildman–Crippen LogP) is 1.43. The number of morpholine rings is 1. The second-order valence-corrected chi connectivity index (χ2v) is 5.74. The number of hydrogen-bond acceptors (Lipinski definition) is 4. The van der Waals surface area contributed by atoms with Crippen LogP contribution < -0.4 is 14.8 Å². The van der Waals surface area contributed by atoms with E-state index in [1.165, 1.54) is 0 Å². The van der Waals surface area contributed by atoms with Crippen LogP contribution in [0.5, 0.6) is 11.5 Å². The monoisotopic (exact) mass is 306 g/mol. The maximum Gasteiger partial charge on any atom is 0.317 e. The minimum Gasteiger partial charge on any atom is -0.493 e. The fourth-order valence-electron chi connectivity index (χ4n) is 2.92. The summed E-state index contributed by atoms with van der Waals surface area (Å²) in [6.07, 6.45) is 0.838. The molecule has 6 nitrogen and oxygen atoms in total. The molecule has 2 amide bonds. The van der Waals surface area contributed by atoms with Crippen LogP contribution in [0.3, 0.4) is 0 Å². The van der Waals surface area contributed by atoms with Gasteiger partial charge in [-0.3, -0.25) is 0 Å². The Kier molecular flexibility index (Phi) is 4.38. The summed E-state index contributed by atoms with van der Waals surface area (Å²) in [5.74, 6) is 1.53. The quantitative estimate of drug-likeness (QED) is 0.898. The van der Waals surface area contributed by atoms with E-state index in [0.717, 1.165) is 23.5 Å². The van der Waals surface area contributed by atoms with Crippen molar-refractivity contribution in [1.82, 2.24) is 10.2 Å². The first-order valence-electron chi connectivity index (χ1n) is 7.63. The second kappa shape index (κ2) is 6.44. The molecule has 1 fully saturated rings. The first-order valence-corrected chi connectivity index (χ1v) is 7.63. The van der Waals surface area contributed by atoms with Gasteiger partial charge in [0.25, 0.3) is 0 Å². The Balaban J connectivity index is 1.61. The van der Waals surface area contributed by atoms with E-state index in [1.807, 2.05) is 25.1 Å². The molecule has 6 heteroatoms. The number of carbonyl (C=O) groups excluding carboxylic acids is 1. The lowest BCUT2D eigenvalue weighted by Gasteiger charge is -2.33. The van der Waals surface area contributed by atoms with Crippen molar-refractivity contribution < 1.29 is 19.0 Å². The molecule has 0 saturated carbocycles. The zero-order valence-electron chi connectivity index (χ0n) is 13.0. The molecule has 2 aliphatic rings. The van der Waals surface area contributed by atoms with Gasteiger partial charge in [-0.1, -0.05) is 12.1 Å². The molecular weight excluding hydrogens is 284 g/mol. The number of carbonyl (C=O) groups is 1. The Morgan fingerprint density at radius 1 is 1.45 bits per heavy atom. The molecule has 22 heavy (non-hydrogen) atoms. The first kappa shape index (κ1) is 15.0. The van der Waals surface area contributed by atoms with E-state index < -0.39 is 0 Å². The highest BCUT2D eigenvalue weighted by atomic mass is 16.5. The standard InChI is InChI=1S/C16H22N2O4/c1-11-9-18(6-7-21-11)16(19)17-13-8-12-4-3-5-14(20-2)15(12)22-10-13/h3-5,11,13H,6-10H2,1-2H3,(H,17,19)/t11-,13+/m0/s1. The fourth-order valence-corrected chi connectivity index (χ4v) is 2.92. The van der Waals surface area contributed by atoms with Gasteiger partial charge in [0.05, 0.1) is 25.9 Å². The summed E-state index contributed by atoms with van der Waals surface area (Å²) in [4.78, 5) is 14.1. The summed E-state index contributed by atoms with van der Waals surface area (Å²) >= 11 is 0. The molecular formula is C16H22N2O4. The van der Waals surface area contributed by atoms with Gasteiger partial charge in [0.1, 0.15) is 6.61 Å². The van der Waals surface area contributed by atoms with Gasteiger partial charge in [-0.05, 0) is 19.4 Å². The number of para-hydroxylation sites is 1. The van der Waals surface area contributed by atoms with Gasteiger partial charge in [0, 0.05) is 18.7 Å². The average molecular weight is 306 g/mol. The minimum absolute atomic E-state index is 0.0229. The lowest BCUT2D eigenvalue weighted by Crippen LogP contribution is -2.53. The van der Waals surface area contributed by atoms with Crippen molar-refractivity contribution in [2.45, 2.75) is 25.5 Å². The van der Waals surface area contributed by atoms with E-state index in [-0.39, 0.29) is 18.2 Å². The highest BCUT2D eigenvalue weighted by molar-refractivity contribution is 5.74. The number of urea groups is 1. The third kappa shape index (κ3) is 3.11. The lowest BCUT2D eigenvalue weighted by molar-refractivity contribution is -0.00416. The molecule has 0 radical (unpaired) electrons. The molecule has 0 aliphatic carbocycles. The Morgan fingerprint density at radius 2 is 2.32 bits per heavy atom. The Morgan fingerprint density at radius 3 is 3.09 bits per heavy atom. The Labute approximate surface area is 130 Å². The van der Waals surface area contributed by atoms with Gasteiger partial charge in [-0.25, -0.2) is 4.79 Å². The van der Waals surface area contributed by atoms with Gasteiger partial charge in [0.2, 0.25) is 0 Å². The molecule has 120 valence electrons. The van der Waals surface area contributed by atoms with E-state index in [4.69, 9.17) is 14.2 Å². The van der Waals surface area contributed by atoms with Crippen molar-refractivity contribution in [1.29, 1.82) is 0 Å². The molecule has 0 unspecified atom stereocenters. The maximum atomic E-state index is 12.3. The molecule has 2 heterocycles. The number of benzene rings is 1. The topological polar surface area (TPSA) is 60.0 Å². The normalized spacial score (nSPS) is 24.2. The van der Waals surface area contributed by atoms with Gasteiger partial charge in [-0.2, -0.15) is 0 Å². The highest BCUT2D eigenvalue weighted by Gasteiger charge is 2.27. The molecule has 1 N–H and O–H groups in total. The van der Waals surface area contributed by atoms with Gasteiger partial charge >= 0.3 is 6.03 Å². The number of hydrogen-bond donors (Lipinski definition) is 1. The van der Waals surface area contributed by atoms with Gasteiger partial charge in [0.15, 0.2) is 11.5 Å². The summed E-state index contributed by atoms with van der Waals surface area (Å²) in [6.45, 7) is 4.29. The van der Waals surface area contributed by atoms with E-state index in [2.05, 4.69) is 5.32 Å². The zero-order chi connectivity index (χ0) is 15.5. The Hall–Kier alpha value is -1.95. The second-order valence-electron chi connectivity index (χ2n) is 5.74. The zero-order valence-corrected chi connectivity index (χ0v) is 13.0. The van der Waals surface area contributed by atoms with Gasteiger partial charge in [-0.15, -0.1) is 0 Å². The van der Waals surface area contributed by atoms with Crippen molar-refractivity contribution in [3.8, 4) is 11.5 Å². The molecule has 3 rings (SSSR count). The summed E-state index contributed by atoms with van der Waals surface area (Å²) in [7, 11) is 1.63. The third-order valence-electron chi connectivity index (χ3n) is 4.03. The molecule has 2 aliphatic heterocycles. The number of nitrogens with zero attached hydrogens (tertiary/aromatic N) is 1. The van der Waals surface area contributed by atoms with Crippen LogP contribution in [0.4, 0.5) is 4.79 Å². The van der Waals surface area contributed by atoms with Crippen molar-refractivity contribution >= 4 is 6.03 Å². The average Bonchev–Trinajstić information content (AvgIpc) is 2.54. The van der Waals surface area contributed by atoms with Crippen molar-refractivity contribution in [2.24, 2.45) is 0 Å². The van der Waals surface area contributed by atoms with Crippen molar-refractivity contribution in [2.75, 3.05) is 33.4 Å². The number of rotatable bonds is 2. The van der Waals surface area contributed by atoms with Crippen molar-refractivity contribution in [3.63, 3.8) is 0 Å². The smallest absolute Gasteiger partial charge is 0.317 e. The van der Waals surface area contributed by atoms with Gasteiger partial charge < -0.3 is 24.4 Å². The highest BCUT2D eigenvalue weighted by Crippen LogP contribution is 2.34. The third-order valence-corrected chi connectivity index (χ3v) is 4.03. The molecule has 1 aromatic carbocycles. The SMILES string of the molecule is COc1cccc2c1OC[C@H](NC(=O)N1CCO[C@@H](C)C1)C2. The van der Waals surface area contributed by atoms with Crippen molar-refractivity contribution in [3.05, 3.63) is 23.8 Å². The Bertz CT molecular complexity index is 549. The minimum atomic E-state index is -0.0462. The van der Waals surface area contributed by atoms with Crippen LogP contribution in [0.2, 0.25) is 0 Å². The summed E-state index contributed by atoms with van der Waals surface area (Å²) in [5.41, 5.74) is 1.06. The van der Waals surface area contributed by atoms with Crippen LogP contribution in [-0.4, -0.2) is 56.5 Å². The number of ether oxygens (including phenoxy) is 3. The number of nitrogens with one attached hydrogen (secondary N) is 1. The van der Waals surface area contributed by atoms with Crippen LogP contribution in [0, 0.1) is 0 Å². The number of methoxy groups -OCH3 is 1. The molecule has 0 bridgehead atoms. The molecule has 0 spiro atoms. The van der Waals surface area contributed by atoms with E-state index in [1.54, 1.807) is 12.0 Å². The van der Waals surface area contributed by atoms with Crippen LogP contribution >= 0.6 is 0 Å². The maximum absolute atomic E-state index is 12.3. The summed E-state index contributed by atoms with van der Waals surface area (Å²) < 4.78 is 16.5. The summed E-state index contributed by atoms with van der Waals surface area (Å²) in [5, 5.41) is 3.05. The van der Waals surface area contributed by atoms with Crippen LogP contribution in [-0.2, 0) is 11.2 Å². The fraction of sp³-hybridized carbons (Fsp3) is 0.562. The molecule has 0 aromatic heterocycles. The first-order chi connectivity index (χ1) is 10.7. The molecule has 1 aromatic rings. The molecule has 2 atom stereocenters. The number of fused-ring (bicyclic) bond motifs is 1. The lowest BCUT2D eigenvalue weighted by atomic mass is 10.0. The summed E-state index contributed by atoms with van der Waals surface area (Å²) in [6, 6.07) is 5.76. The molecule has 1 saturated heterocycles. The van der Waals surface area contributed by atoms with E-state index >= 15 is 0 Å². The van der Waals surface area contributed by atoms with E-state index in [0.29, 0.717) is 26.3 Å². The van der Waals surface area contributed by atoms with Crippen LogP contribution in [0.15, 0.2) is 18.2 Å². The van der Waals surface area contributed by atoms with Crippen LogP contribution in [0.25, 0.3) is 0 Å². The van der Waals surface area contributed by atoms with E-state index in [9.17, 15) is 4.79 Å². The van der Waals surface area contributed by atoms with Crippen LogP contribution in [0.1, 0.15) is 12.5 Å².